The largest absolute Gasteiger partial charge is 0.491 e. The monoisotopic (exact) mass is 451 g/mol. The Morgan fingerprint density at radius 3 is 2.30 bits per heavy atom. The average molecular weight is 452 g/mol. The lowest BCUT2D eigenvalue weighted by atomic mass is 10.0. The van der Waals surface area contributed by atoms with Gasteiger partial charge in [-0.2, -0.15) is 0 Å². The van der Waals surface area contributed by atoms with Crippen LogP contribution in [0.5, 0.6) is 11.5 Å². The lowest BCUT2D eigenvalue weighted by Gasteiger charge is -2.29. The second-order valence-electron chi connectivity index (χ2n) is 7.41. The smallest absolute Gasteiger partial charge is 0.412 e. The highest BCUT2D eigenvalue weighted by molar-refractivity contribution is 5.84. The predicted octanol–water partition coefficient (Wildman–Crippen LogP) is 4.49. The summed E-state index contributed by atoms with van der Waals surface area (Å²) in [6, 6.07) is 23.6. The second kappa shape index (κ2) is 12.5. The molecule has 3 rings (SSSR count). The van der Waals surface area contributed by atoms with Crippen LogP contribution in [0.2, 0.25) is 0 Å². The van der Waals surface area contributed by atoms with Crippen molar-refractivity contribution in [3.8, 4) is 11.5 Å². The van der Waals surface area contributed by atoms with E-state index in [9.17, 15) is 15.0 Å². The molecule has 0 bridgehead atoms. The highest BCUT2D eigenvalue weighted by atomic mass is 16.6. The molecule has 7 nitrogen and oxygen atoms in total. The molecule has 7 heteroatoms. The van der Waals surface area contributed by atoms with Crippen LogP contribution in [0.15, 0.2) is 78.9 Å². The van der Waals surface area contributed by atoms with E-state index in [1.165, 1.54) is 0 Å². The van der Waals surface area contributed by atoms with Crippen molar-refractivity contribution in [2.45, 2.75) is 25.6 Å². The Morgan fingerprint density at radius 2 is 1.61 bits per heavy atom. The average Bonchev–Trinajstić information content (AvgIpc) is 2.83. The van der Waals surface area contributed by atoms with Crippen LogP contribution in [0, 0.1) is 6.92 Å². The molecule has 0 aliphatic rings. The summed E-state index contributed by atoms with van der Waals surface area (Å²) in [6.45, 7) is 1.72. The fourth-order valence-corrected chi connectivity index (χ4v) is 3.31. The SMILES string of the molecule is Cc1ccc(NC(=O)O[C@H](c2ccccc2OCCO)[C@@H](CCO)Oc2ccccc2)cc1. The highest BCUT2D eigenvalue weighted by Crippen LogP contribution is 2.34. The number of aliphatic hydroxyl groups excluding tert-OH is 2. The third kappa shape index (κ3) is 7.24. The number of nitrogens with one attached hydrogen (secondary N) is 1. The Hall–Kier alpha value is -3.55. The van der Waals surface area contributed by atoms with Crippen LogP contribution in [0.25, 0.3) is 0 Å². The topological polar surface area (TPSA) is 97.3 Å². The summed E-state index contributed by atoms with van der Waals surface area (Å²) in [4.78, 5) is 12.8. The van der Waals surface area contributed by atoms with Gasteiger partial charge in [0.05, 0.1) is 6.61 Å². The van der Waals surface area contributed by atoms with Crippen molar-refractivity contribution < 1.29 is 29.2 Å². The number of carbonyl (C=O) groups excluding carboxylic acids is 1. The molecule has 0 saturated carbocycles. The van der Waals surface area contributed by atoms with E-state index in [2.05, 4.69) is 5.32 Å². The molecule has 2 atom stereocenters. The molecule has 0 fully saturated rings. The van der Waals surface area contributed by atoms with E-state index < -0.39 is 18.3 Å². The molecule has 0 heterocycles. The number of rotatable bonds is 11. The molecule has 0 aromatic heterocycles. The summed E-state index contributed by atoms with van der Waals surface area (Å²) in [5, 5.41) is 21.6. The van der Waals surface area contributed by atoms with Gasteiger partial charge in [0.2, 0.25) is 0 Å². The first-order valence-corrected chi connectivity index (χ1v) is 10.8. The van der Waals surface area contributed by atoms with Crippen LogP contribution in [-0.2, 0) is 4.74 Å². The number of anilines is 1. The van der Waals surface area contributed by atoms with E-state index in [1.807, 2.05) is 37.3 Å². The van der Waals surface area contributed by atoms with Crippen LogP contribution in [0.1, 0.15) is 23.7 Å². The zero-order chi connectivity index (χ0) is 23.5. The van der Waals surface area contributed by atoms with Crippen LogP contribution in [-0.4, -0.2) is 42.2 Å². The maximum absolute atomic E-state index is 12.8. The maximum Gasteiger partial charge on any atom is 0.412 e. The van der Waals surface area contributed by atoms with Crippen molar-refractivity contribution in [1.82, 2.24) is 0 Å². The fourth-order valence-electron chi connectivity index (χ4n) is 3.31. The molecule has 0 aliphatic carbocycles. The first-order valence-electron chi connectivity index (χ1n) is 10.8. The van der Waals surface area contributed by atoms with Crippen molar-refractivity contribution in [3.63, 3.8) is 0 Å². The number of amides is 1. The van der Waals surface area contributed by atoms with Gasteiger partial charge in [-0.25, -0.2) is 4.79 Å². The number of aliphatic hydroxyl groups is 2. The standard InChI is InChI=1S/C26H29NO6/c1-19-11-13-20(14-12-19)27-26(30)33-25(22-9-5-6-10-23(22)31-18-17-29)24(15-16-28)32-21-7-3-2-4-8-21/h2-14,24-25,28-29H,15-18H2,1H3,(H,27,30)/t24-,25-/m1/s1. The lowest BCUT2D eigenvalue weighted by molar-refractivity contribution is 0.00751. The van der Waals surface area contributed by atoms with Gasteiger partial charge in [-0.3, -0.25) is 5.32 Å². The minimum Gasteiger partial charge on any atom is -0.491 e. The van der Waals surface area contributed by atoms with Gasteiger partial charge in [0.1, 0.15) is 24.2 Å². The van der Waals surface area contributed by atoms with Crippen molar-refractivity contribution in [3.05, 3.63) is 90.0 Å². The zero-order valence-electron chi connectivity index (χ0n) is 18.5. The zero-order valence-corrected chi connectivity index (χ0v) is 18.5. The summed E-state index contributed by atoms with van der Waals surface area (Å²) >= 11 is 0. The minimum atomic E-state index is -0.891. The fraction of sp³-hybridized carbons (Fsp3) is 0.269. The molecule has 0 spiro atoms. The number of carbonyl (C=O) groups is 1. The Labute approximate surface area is 193 Å². The normalized spacial score (nSPS) is 12.5. The van der Waals surface area contributed by atoms with E-state index in [4.69, 9.17) is 14.2 Å². The second-order valence-corrected chi connectivity index (χ2v) is 7.41. The summed E-state index contributed by atoms with van der Waals surface area (Å²) in [6.07, 6.45) is -2.04. The first-order chi connectivity index (χ1) is 16.1. The van der Waals surface area contributed by atoms with Crippen molar-refractivity contribution in [1.29, 1.82) is 0 Å². The Morgan fingerprint density at radius 1 is 0.909 bits per heavy atom. The van der Waals surface area contributed by atoms with Crippen molar-refractivity contribution in [2.24, 2.45) is 0 Å². The van der Waals surface area contributed by atoms with Gasteiger partial charge in [0.25, 0.3) is 0 Å². The summed E-state index contributed by atoms with van der Waals surface area (Å²) in [5.41, 5.74) is 2.23. The molecular formula is C26H29NO6. The van der Waals surface area contributed by atoms with E-state index in [-0.39, 0.29) is 26.2 Å². The van der Waals surface area contributed by atoms with Crippen LogP contribution < -0.4 is 14.8 Å². The molecular weight excluding hydrogens is 422 g/mol. The quantitative estimate of drug-likeness (QED) is 0.398. The molecule has 0 radical (unpaired) electrons. The van der Waals surface area contributed by atoms with Crippen LogP contribution in [0.3, 0.4) is 0 Å². The van der Waals surface area contributed by atoms with Gasteiger partial charge in [0, 0.05) is 24.3 Å². The molecule has 3 aromatic carbocycles. The molecule has 0 unspecified atom stereocenters. The summed E-state index contributed by atoms with van der Waals surface area (Å²) in [7, 11) is 0. The number of para-hydroxylation sites is 2. The lowest BCUT2D eigenvalue weighted by Crippen LogP contribution is -2.32. The number of benzene rings is 3. The Bertz CT molecular complexity index is 993. The van der Waals surface area contributed by atoms with Crippen molar-refractivity contribution >= 4 is 11.8 Å². The molecule has 33 heavy (non-hydrogen) atoms. The number of hydrogen-bond donors (Lipinski definition) is 3. The van der Waals surface area contributed by atoms with E-state index in [1.54, 1.807) is 48.5 Å². The third-order valence-corrected chi connectivity index (χ3v) is 4.89. The van der Waals surface area contributed by atoms with E-state index in [0.29, 0.717) is 22.7 Å². The third-order valence-electron chi connectivity index (χ3n) is 4.89. The van der Waals surface area contributed by atoms with Gasteiger partial charge < -0.3 is 24.4 Å². The highest BCUT2D eigenvalue weighted by Gasteiger charge is 2.31. The van der Waals surface area contributed by atoms with Crippen LogP contribution in [0.4, 0.5) is 10.5 Å². The van der Waals surface area contributed by atoms with Gasteiger partial charge in [0.15, 0.2) is 6.10 Å². The summed E-state index contributed by atoms with van der Waals surface area (Å²) < 4.78 is 17.7. The van der Waals surface area contributed by atoms with E-state index in [0.717, 1.165) is 5.56 Å². The molecule has 0 saturated heterocycles. The summed E-state index contributed by atoms with van der Waals surface area (Å²) in [5.74, 6) is 1.04. The molecule has 0 aliphatic heterocycles. The number of hydrogen-bond acceptors (Lipinski definition) is 6. The first kappa shape index (κ1) is 24.1. The molecule has 174 valence electrons. The Kier molecular flexibility index (Phi) is 9.11. The molecule has 3 N–H and O–H groups in total. The number of aryl methyl sites for hydroxylation is 1. The van der Waals surface area contributed by atoms with Gasteiger partial charge in [-0.15, -0.1) is 0 Å². The minimum absolute atomic E-state index is 0.0868. The van der Waals surface area contributed by atoms with Crippen molar-refractivity contribution in [2.75, 3.05) is 25.1 Å². The Balaban J connectivity index is 1.90. The van der Waals surface area contributed by atoms with Gasteiger partial charge >= 0.3 is 6.09 Å². The maximum atomic E-state index is 12.8. The predicted molar refractivity (Wildman–Crippen MR) is 126 cm³/mol. The van der Waals surface area contributed by atoms with Crippen LogP contribution >= 0.6 is 0 Å². The van der Waals surface area contributed by atoms with Gasteiger partial charge in [-0.1, -0.05) is 54.1 Å². The molecule has 3 aromatic rings. The van der Waals surface area contributed by atoms with E-state index >= 15 is 0 Å². The molecule has 1 amide bonds. The van der Waals surface area contributed by atoms with Gasteiger partial charge in [-0.05, 0) is 37.3 Å². The number of ether oxygens (including phenoxy) is 3.